The van der Waals surface area contributed by atoms with Crippen molar-refractivity contribution in [2.45, 2.75) is 19.3 Å². The van der Waals surface area contributed by atoms with E-state index in [0.717, 1.165) is 6.54 Å². The van der Waals surface area contributed by atoms with Gasteiger partial charge in [-0.1, -0.05) is 18.2 Å². The summed E-state index contributed by atoms with van der Waals surface area (Å²) in [5, 5.41) is 14.1. The maximum absolute atomic E-state index is 13.4. The summed E-state index contributed by atoms with van der Waals surface area (Å²) in [4.78, 5) is 2.04. The molecule has 1 atom stereocenters. The highest BCUT2D eigenvalue weighted by Gasteiger charge is 2.10. The van der Waals surface area contributed by atoms with Crippen LogP contribution in [0, 0.1) is 5.82 Å². The Balaban J connectivity index is 1.67. The molecular weight excluding hydrogens is 289 g/mol. The highest BCUT2D eigenvalue weighted by atomic mass is 32.1. The number of hydrogen-bond acceptors (Lipinski definition) is 4. The number of hydrogen-bond donors (Lipinski definition) is 1. The number of halogens is 1. The van der Waals surface area contributed by atoms with Crippen molar-refractivity contribution < 1.29 is 14.2 Å². The fourth-order valence-electron chi connectivity index (χ4n) is 2.09. The minimum Gasteiger partial charge on any atom is -0.389 e. The molecule has 3 nitrogen and oxygen atoms in total. The fourth-order valence-corrected chi connectivity index (χ4v) is 2.75. The van der Waals surface area contributed by atoms with Crippen molar-refractivity contribution >= 4 is 11.3 Å². The van der Waals surface area contributed by atoms with Crippen LogP contribution in [0.4, 0.5) is 4.39 Å². The smallest absolute Gasteiger partial charge is 0.128 e. The molecule has 0 saturated carbocycles. The molecule has 0 aliphatic rings. The van der Waals surface area contributed by atoms with Crippen LogP contribution < -0.4 is 0 Å². The van der Waals surface area contributed by atoms with Crippen molar-refractivity contribution in [2.24, 2.45) is 0 Å². The van der Waals surface area contributed by atoms with E-state index in [9.17, 15) is 9.50 Å². The first kappa shape index (κ1) is 16.1. The molecule has 21 heavy (non-hydrogen) atoms. The van der Waals surface area contributed by atoms with Gasteiger partial charge in [-0.25, -0.2) is 4.39 Å². The van der Waals surface area contributed by atoms with Crippen LogP contribution in [0.3, 0.4) is 0 Å². The second kappa shape index (κ2) is 8.24. The number of ether oxygens (including phenoxy) is 1. The molecule has 1 aromatic carbocycles. The lowest BCUT2D eigenvalue weighted by molar-refractivity contribution is 0.0119. The number of nitrogens with zero attached hydrogens (tertiary/aromatic N) is 1. The maximum Gasteiger partial charge on any atom is 0.128 e. The van der Waals surface area contributed by atoms with Crippen LogP contribution in [-0.2, 0) is 17.9 Å². The predicted octanol–water partition coefficient (Wildman–Crippen LogP) is 2.90. The zero-order valence-corrected chi connectivity index (χ0v) is 12.9. The Morgan fingerprint density at radius 1 is 1.33 bits per heavy atom. The largest absolute Gasteiger partial charge is 0.389 e. The van der Waals surface area contributed by atoms with E-state index in [2.05, 4.69) is 11.4 Å². The van der Waals surface area contributed by atoms with Gasteiger partial charge in [-0.15, -0.1) is 0 Å². The van der Waals surface area contributed by atoms with E-state index in [-0.39, 0.29) is 19.0 Å². The third-order valence-electron chi connectivity index (χ3n) is 3.08. The van der Waals surface area contributed by atoms with Gasteiger partial charge < -0.3 is 9.84 Å². The number of aliphatic hydroxyl groups excluding tert-OH is 1. The Kier molecular flexibility index (Phi) is 6.32. The summed E-state index contributed by atoms with van der Waals surface area (Å²) in [5.74, 6) is -0.276. The molecule has 5 heteroatoms. The van der Waals surface area contributed by atoms with Gasteiger partial charge in [-0.3, -0.25) is 4.90 Å². The van der Waals surface area contributed by atoms with Crippen molar-refractivity contribution in [2.75, 3.05) is 20.2 Å². The van der Waals surface area contributed by atoms with E-state index < -0.39 is 6.10 Å². The Morgan fingerprint density at radius 2 is 2.14 bits per heavy atom. The molecule has 0 spiro atoms. The van der Waals surface area contributed by atoms with Gasteiger partial charge in [0, 0.05) is 18.7 Å². The van der Waals surface area contributed by atoms with E-state index in [1.54, 1.807) is 29.5 Å². The monoisotopic (exact) mass is 309 g/mol. The summed E-state index contributed by atoms with van der Waals surface area (Å²) in [6, 6.07) is 8.58. The lowest BCUT2D eigenvalue weighted by atomic mass is 10.2. The van der Waals surface area contributed by atoms with E-state index in [4.69, 9.17) is 4.74 Å². The predicted molar refractivity (Wildman–Crippen MR) is 82.7 cm³/mol. The lowest BCUT2D eigenvalue weighted by Crippen LogP contribution is -2.31. The van der Waals surface area contributed by atoms with Crippen molar-refractivity contribution in [3.8, 4) is 0 Å². The van der Waals surface area contributed by atoms with Gasteiger partial charge in [0.05, 0.1) is 19.3 Å². The summed E-state index contributed by atoms with van der Waals surface area (Å²) in [7, 11) is 1.96. The molecule has 0 radical (unpaired) electrons. The molecule has 1 N–H and O–H groups in total. The third kappa shape index (κ3) is 5.55. The van der Waals surface area contributed by atoms with E-state index in [1.807, 2.05) is 17.3 Å². The third-order valence-corrected chi connectivity index (χ3v) is 3.81. The van der Waals surface area contributed by atoms with Crippen LogP contribution in [0.1, 0.15) is 11.1 Å². The SMILES string of the molecule is CN(Cc1ccsc1)CC(O)COCc1ccccc1F. The molecule has 0 saturated heterocycles. The second-order valence-corrected chi connectivity index (χ2v) is 5.87. The fraction of sp³-hybridized carbons (Fsp3) is 0.375. The summed E-state index contributed by atoms with van der Waals surface area (Å²) in [5.41, 5.74) is 1.75. The van der Waals surface area contributed by atoms with Crippen LogP contribution in [0.15, 0.2) is 41.1 Å². The molecule has 0 amide bonds. The molecule has 1 unspecified atom stereocenters. The average Bonchev–Trinajstić information content (AvgIpc) is 2.93. The van der Waals surface area contributed by atoms with E-state index >= 15 is 0 Å². The van der Waals surface area contributed by atoms with Crippen molar-refractivity contribution in [1.82, 2.24) is 4.90 Å². The van der Waals surface area contributed by atoms with E-state index in [0.29, 0.717) is 12.1 Å². The van der Waals surface area contributed by atoms with Gasteiger partial charge in [0.1, 0.15) is 5.82 Å². The lowest BCUT2D eigenvalue weighted by Gasteiger charge is -2.20. The molecule has 114 valence electrons. The Hall–Kier alpha value is -1.27. The number of benzene rings is 1. The topological polar surface area (TPSA) is 32.7 Å². The second-order valence-electron chi connectivity index (χ2n) is 5.09. The zero-order chi connectivity index (χ0) is 15.1. The Bertz CT molecular complexity index is 533. The molecule has 0 fully saturated rings. The molecule has 2 aromatic rings. The zero-order valence-electron chi connectivity index (χ0n) is 12.0. The van der Waals surface area contributed by atoms with Gasteiger partial charge in [-0.05, 0) is 35.5 Å². The van der Waals surface area contributed by atoms with Gasteiger partial charge in [-0.2, -0.15) is 11.3 Å². The number of rotatable bonds is 8. The molecule has 0 bridgehead atoms. The summed E-state index contributed by atoms with van der Waals surface area (Å²) < 4.78 is 18.8. The van der Waals surface area contributed by atoms with Crippen molar-refractivity contribution in [1.29, 1.82) is 0 Å². The Morgan fingerprint density at radius 3 is 2.86 bits per heavy atom. The highest BCUT2D eigenvalue weighted by molar-refractivity contribution is 7.07. The molecule has 2 rings (SSSR count). The molecule has 1 aromatic heterocycles. The van der Waals surface area contributed by atoms with Crippen LogP contribution in [0.25, 0.3) is 0 Å². The van der Waals surface area contributed by atoms with Gasteiger partial charge in [0.2, 0.25) is 0 Å². The normalized spacial score (nSPS) is 12.8. The van der Waals surface area contributed by atoms with Crippen LogP contribution >= 0.6 is 11.3 Å². The maximum atomic E-state index is 13.4. The first-order valence-corrected chi connectivity index (χ1v) is 7.78. The minimum atomic E-state index is -0.583. The minimum absolute atomic E-state index is 0.179. The van der Waals surface area contributed by atoms with Crippen molar-refractivity contribution in [3.05, 3.63) is 58.0 Å². The average molecular weight is 309 g/mol. The molecule has 1 heterocycles. The van der Waals surface area contributed by atoms with Crippen LogP contribution in [-0.4, -0.2) is 36.3 Å². The number of likely N-dealkylation sites (N-methyl/N-ethyl adjacent to an activating group) is 1. The van der Waals surface area contributed by atoms with Gasteiger partial charge >= 0.3 is 0 Å². The molecule has 0 aliphatic heterocycles. The highest BCUT2D eigenvalue weighted by Crippen LogP contribution is 2.10. The van der Waals surface area contributed by atoms with E-state index in [1.165, 1.54) is 11.6 Å². The number of thiophene rings is 1. The molecule has 0 aliphatic carbocycles. The van der Waals surface area contributed by atoms with Gasteiger partial charge in [0.25, 0.3) is 0 Å². The molecular formula is C16H20FNO2S. The summed E-state index contributed by atoms with van der Waals surface area (Å²) >= 11 is 1.66. The summed E-state index contributed by atoms with van der Waals surface area (Å²) in [6.07, 6.45) is -0.583. The standard InChI is InChI=1S/C16H20FNO2S/c1-18(8-13-6-7-21-12-13)9-15(19)11-20-10-14-4-2-3-5-16(14)17/h2-7,12,15,19H,8-11H2,1H3. The van der Waals surface area contributed by atoms with Gasteiger partial charge in [0.15, 0.2) is 0 Å². The quantitative estimate of drug-likeness (QED) is 0.814. The van der Waals surface area contributed by atoms with Crippen LogP contribution in [0.5, 0.6) is 0 Å². The Labute approximate surface area is 128 Å². The first-order chi connectivity index (χ1) is 10.1. The van der Waals surface area contributed by atoms with Crippen molar-refractivity contribution in [3.63, 3.8) is 0 Å². The number of aliphatic hydroxyl groups is 1. The van der Waals surface area contributed by atoms with Crippen LogP contribution in [0.2, 0.25) is 0 Å². The first-order valence-electron chi connectivity index (χ1n) is 6.84. The summed E-state index contributed by atoms with van der Waals surface area (Å²) in [6.45, 7) is 1.70.